The number of carbonyl (C=O) groups is 1. The fraction of sp³-hybridized carbons (Fsp3) is 0.562. The Labute approximate surface area is 120 Å². The van der Waals surface area contributed by atoms with E-state index in [4.69, 9.17) is 5.73 Å². The van der Waals surface area contributed by atoms with Crippen LogP contribution < -0.4 is 5.73 Å². The van der Waals surface area contributed by atoms with E-state index in [1.165, 1.54) is 6.07 Å². The van der Waals surface area contributed by atoms with E-state index in [1.54, 1.807) is 13.0 Å². The average molecular weight is 278 g/mol. The van der Waals surface area contributed by atoms with Crippen LogP contribution in [0.3, 0.4) is 0 Å². The largest absolute Gasteiger partial charge is 0.334 e. The predicted molar refractivity (Wildman–Crippen MR) is 77.7 cm³/mol. The van der Waals surface area contributed by atoms with Gasteiger partial charge in [-0.2, -0.15) is 0 Å². The van der Waals surface area contributed by atoms with Crippen LogP contribution in [0.25, 0.3) is 0 Å². The highest BCUT2D eigenvalue weighted by Crippen LogP contribution is 2.31. The van der Waals surface area contributed by atoms with Crippen molar-refractivity contribution in [3.8, 4) is 0 Å². The van der Waals surface area contributed by atoms with Crippen molar-refractivity contribution in [1.82, 2.24) is 4.90 Å². The first-order valence-electron chi connectivity index (χ1n) is 7.35. The van der Waals surface area contributed by atoms with Crippen LogP contribution in [0.15, 0.2) is 18.2 Å². The summed E-state index contributed by atoms with van der Waals surface area (Å²) in [5.41, 5.74) is 7.84. The Bertz CT molecular complexity index is 489. The Kier molecular flexibility index (Phi) is 4.76. The molecule has 2 rings (SSSR count). The van der Waals surface area contributed by atoms with Gasteiger partial charge >= 0.3 is 0 Å². The number of likely N-dealkylation sites (tertiary alicyclic amines) is 1. The van der Waals surface area contributed by atoms with Crippen LogP contribution in [0.5, 0.6) is 0 Å². The number of aryl methyl sites for hydroxylation is 1. The quantitative estimate of drug-likeness (QED) is 0.924. The minimum Gasteiger partial charge on any atom is -0.334 e. The number of nitrogens with two attached hydrogens (primary N) is 1. The van der Waals surface area contributed by atoms with Crippen LogP contribution in [0, 0.1) is 12.7 Å². The smallest absolute Gasteiger partial charge is 0.223 e. The second-order valence-corrected chi connectivity index (χ2v) is 5.60. The average Bonchev–Trinajstić information content (AvgIpc) is 2.54. The molecule has 4 heteroatoms. The lowest BCUT2D eigenvalue weighted by Crippen LogP contribution is -2.42. The molecular formula is C16H23FN2O. The van der Waals surface area contributed by atoms with Crippen molar-refractivity contribution in [3.63, 3.8) is 0 Å². The third-order valence-corrected chi connectivity index (χ3v) is 3.98. The molecule has 1 aromatic rings. The Morgan fingerprint density at radius 2 is 2.20 bits per heavy atom. The van der Waals surface area contributed by atoms with Gasteiger partial charge in [-0.3, -0.25) is 4.79 Å². The van der Waals surface area contributed by atoms with Crippen LogP contribution in [0.1, 0.15) is 49.8 Å². The van der Waals surface area contributed by atoms with Gasteiger partial charge in [-0.05, 0) is 43.4 Å². The summed E-state index contributed by atoms with van der Waals surface area (Å²) in [5, 5.41) is 0. The van der Waals surface area contributed by atoms with Gasteiger partial charge in [-0.1, -0.05) is 19.1 Å². The van der Waals surface area contributed by atoms with E-state index in [-0.39, 0.29) is 23.8 Å². The summed E-state index contributed by atoms with van der Waals surface area (Å²) in [6.07, 6.45) is 3.11. The van der Waals surface area contributed by atoms with Gasteiger partial charge in [0.2, 0.25) is 5.91 Å². The van der Waals surface area contributed by atoms with Crippen LogP contribution >= 0.6 is 0 Å². The van der Waals surface area contributed by atoms with Crippen molar-refractivity contribution in [2.24, 2.45) is 5.73 Å². The molecule has 0 spiro atoms. The predicted octanol–water partition coefficient (Wildman–Crippen LogP) is 2.93. The Morgan fingerprint density at radius 1 is 1.45 bits per heavy atom. The molecule has 0 radical (unpaired) electrons. The molecule has 0 aromatic heterocycles. The normalized spacial score (nSPS) is 23.8. The molecule has 3 nitrogen and oxygen atoms in total. The Hall–Kier alpha value is -1.42. The molecule has 110 valence electrons. The van der Waals surface area contributed by atoms with E-state index in [0.717, 1.165) is 24.8 Å². The molecule has 1 aliphatic heterocycles. The minimum atomic E-state index is -0.218. The first-order chi connectivity index (χ1) is 9.54. The summed E-state index contributed by atoms with van der Waals surface area (Å²) in [7, 11) is 0. The van der Waals surface area contributed by atoms with Crippen molar-refractivity contribution < 1.29 is 9.18 Å². The van der Waals surface area contributed by atoms with Gasteiger partial charge in [-0.25, -0.2) is 4.39 Å². The number of halogens is 1. The molecule has 1 amide bonds. The molecule has 2 N–H and O–H groups in total. The van der Waals surface area contributed by atoms with Crippen LogP contribution in [-0.4, -0.2) is 23.4 Å². The standard InChI is InChI=1S/C16H23FN2O/c1-3-9-19-15(20)6-4-5-14(18)16(19)12-7-8-13(17)11(2)10-12/h7-8,10,14,16H,3-6,9,18H2,1-2H3. The van der Waals surface area contributed by atoms with E-state index in [9.17, 15) is 9.18 Å². The zero-order valence-electron chi connectivity index (χ0n) is 12.2. The number of hydrogen-bond donors (Lipinski definition) is 1. The van der Waals surface area contributed by atoms with E-state index in [1.807, 2.05) is 11.0 Å². The third kappa shape index (κ3) is 3.01. The Balaban J connectivity index is 2.40. The summed E-state index contributed by atoms with van der Waals surface area (Å²) >= 11 is 0. The van der Waals surface area contributed by atoms with Gasteiger partial charge < -0.3 is 10.6 Å². The molecule has 2 atom stereocenters. The SMILES string of the molecule is CCCN1C(=O)CCCC(N)C1c1ccc(F)c(C)c1. The van der Waals surface area contributed by atoms with Gasteiger partial charge in [-0.15, -0.1) is 0 Å². The maximum absolute atomic E-state index is 13.5. The highest BCUT2D eigenvalue weighted by Gasteiger charge is 2.32. The zero-order chi connectivity index (χ0) is 14.7. The first kappa shape index (κ1) is 15.0. The van der Waals surface area contributed by atoms with Gasteiger partial charge in [0, 0.05) is 19.0 Å². The molecule has 0 saturated carbocycles. The van der Waals surface area contributed by atoms with Crippen molar-refractivity contribution in [1.29, 1.82) is 0 Å². The lowest BCUT2D eigenvalue weighted by atomic mass is 9.95. The summed E-state index contributed by atoms with van der Waals surface area (Å²) < 4.78 is 13.5. The topological polar surface area (TPSA) is 46.3 Å². The van der Waals surface area contributed by atoms with Crippen molar-refractivity contribution in [3.05, 3.63) is 35.1 Å². The molecule has 1 aromatic carbocycles. The van der Waals surface area contributed by atoms with Crippen molar-refractivity contribution in [2.45, 2.75) is 51.6 Å². The minimum absolute atomic E-state index is 0.0853. The first-order valence-corrected chi connectivity index (χ1v) is 7.35. The van der Waals surface area contributed by atoms with E-state index in [2.05, 4.69) is 6.92 Å². The lowest BCUT2D eigenvalue weighted by molar-refractivity contribution is -0.133. The zero-order valence-corrected chi connectivity index (χ0v) is 12.2. The molecule has 1 saturated heterocycles. The molecule has 0 bridgehead atoms. The van der Waals surface area contributed by atoms with E-state index < -0.39 is 0 Å². The van der Waals surface area contributed by atoms with E-state index >= 15 is 0 Å². The van der Waals surface area contributed by atoms with Gasteiger partial charge in [0.15, 0.2) is 0 Å². The summed E-state index contributed by atoms with van der Waals surface area (Å²) in [5.74, 6) is -0.0592. The molecule has 1 heterocycles. The van der Waals surface area contributed by atoms with Crippen molar-refractivity contribution in [2.75, 3.05) is 6.54 Å². The molecular weight excluding hydrogens is 255 g/mol. The van der Waals surface area contributed by atoms with Gasteiger partial charge in [0.05, 0.1) is 6.04 Å². The van der Waals surface area contributed by atoms with Gasteiger partial charge in [0.1, 0.15) is 5.82 Å². The van der Waals surface area contributed by atoms with Crippen LogP contribution in [0.4, 0.5) is 4.39 Å². The van der Waals surface area contributed by atoms with E-state index in [0.29, 0.717) is 18.5 Å². The number of rotatable bonds is 3. The highest BCUT2D eigenvalue weighted by molar-refractivity contribution is 5.77. The number of nitrogens with zero attached hydrogens (tertiary/aromatic N) is 1. The van der Waals surface area contributed by atoms with Gasteiger partial charge in [0.25, 0.3) is 0 Å². The fourth-order valence-corrected chi connectivity index (χ4v) is 2.96. The summed E-state index contributed by atoms with van der Waals surface area (Å²) in [6, 6.07) is 4.83. The maximum Gasteiger partial charge on any atom is 0.223 e. The molecule has 1 aliphatic rings. The summed E-state index contributed by atoms with van der Waals surface area (Å²) in [6.45, 7) is 4.50. The van der Waals surface area contributed by atoms with Crippen LogP contribution in [0.2, 0.25) is 0 Å². The third-order valence-electron chi connectivity index (χ3n) is 3.98. The lowest BCUT2D eigenvalue weighted by Gasteiger charge is -2.34. The Morgan fingerprint density at radius 3 is 2.85 bits per heavy atom. The van der Waals surface area contributed by atoms with Crippen LogP contribution in [-0.2, 0) is 4.79 Å². The molecule has 1 fully saturated rings. The highest BCUT2D eigenvalue weighted by atomic mass is 19.1. The number of carbonyl (C=O) groups excluding carboxylic acids is 1. The molecule has 2 unspecified atom stereocenters. The second-order valence-electron chi connectivity index (χ2n) is 5.60. The monoisotopic (exact) mass is 278 g/mol. The fourth-order valence-electron chi connectivity index (χ4n) is 2.96. The number of amides is 1. The molecule has 0 aliphatic carbocycles. The number of benzene rings is 1. The second kappa shape index (κ2) is 6.35. The maximum atomic E-state index is 13.5. The van der Waals surface area contributed by atoms with Crippen molar-refractivity contribution >= 4 is 5.91 Å². The molecule has 20 heavy (non-hydrogen) atoms. The number of hydrogen-bond acceptors (Lipinski definition) is 2. The summed E-state index contributed by atoms with van der Waals surface area (Å²) in [4.78, 5) is 14.2.